The van der Waals surface area contributed by atoms with Crippen LogP contribution >= 0.6 is 0 Å². The first kappa shape index (κ1) is 16.2. The Balaban J connectivity index is 1.71. The van der Waals surface area contributed by atoms with Gasteiger partial charge in [0.15, 0.2) is 0 Å². The van der Waals surface area contributed by atoms with Crippen LogP contribution in [0.2, 0.25) is 0 Å². The number of nitro benzene ring substituents is 1. The Hall–Kier alpha value is -3.02. The molecule has 6 rings (SSSR count). The van der Waals surface area contributed by atoms with Gasteiger partial charge in [0.1, 0.15) is 0 Å². The van der Waals surface area contributed by atoms with Gasteiger partial charge < -0.3 is 0 Å². The Morgan fingerprint density at radius 3 is 2.44 bits per heavy atom. The fourth-order valence-electron chi connectivity index (χ4n) is 5.36. The molecule has 6 heteroatoms. The number of rotatable bonds is 2. The summed E-state index contributed by atoms with van der Waals surface area (Å²) in [5.41, 5.74) is -0.308. The molecule has 2 fully saturated rings. The maximum Gasteiger partial charge on any atom is 0.277 e. The van der Waals surface area contributed by atoms with Crippen molar-refractivity contribution in [3.05, 3.63) is 58.7 Å². The number of hydrogen-bond acceptors (Lipinski definition) is 4. The third-order valence-electron chi connectivity index (χ3n) is 6.71. The van der Waals surface area contributed by atoms with Crippen LogP contribution < -0.4 is 4.90 Å². The van der Waals surface area contributed by atoms with Crippen LogP contribution in [-0.2, 0) is 9.59 Å². The quantitative estimate of drug-likeness (QED) is 0.352. The van der Waals surface area contributed by atoms with Gasteiger partial charge in [0.2, 0.25) is 11.8 Å². The molecule has 4 atom stereocenters. The second-order valence-electron chi connectivity index (χ2n) is 7.88. The third-order valence-corrected chi connectivity index (χ3v) is 6.71. The molecule has 1 saturated carbocycles. The molecule has 1 heterocycles. The number of carbonyl (C=O) groups excluding carboxylic acids is 2. The molecule has 6 nitrogen and oxygen atoms in total. The van der Waals surface area contributed by atoms with E-state index in [-0.39, 0.29) is 35.3 Å². The van der Waals surface area contributed by atoms with Crippen molar-refractivity contribution in [1.82, 2.24) is 0 Å². The molecule has 27 heavy (non-hydrogen) atoms. The number of benzene rings is 2. The summed E-state index contributed by atoms with van der Waals surface area (Å²) in [6.07, 6.45) is 6.02. The molecular formula is C21H18N2O4. The minimum Gasteiger partial charge on any atom is -0.274 e. The monoisotopic (exact) mass is 362 g/mol. The smallest absolute Gasteiger partial charge is 0.274 e. The van der Waals surface area contributed by atoms with E-state index in [4.69, 9.17) is 0 Å². The van der Waals surface area contributed by atoms with Crippen LogP contribution in [0.15, 0.2) is 48.6 Å². The number of hydrogen-bond donors (Lipinski definition) is 0. The van der Waals surface area contributed by atoms with E-state index in [0.717, 1.165) is 12.8 Å². The van der Waals surface area contributed by atoms with Crippen LogP contribution in [0.5, 0.6) is 0 Å². The molecule has 4 aliphatic rings. The molecular weight excluding hydrogens is 344 g/mol. The zero-order chi connectivity index (χ0) is 18.9. The van der Waals surface area contributed by atoms with Crippen molar-refractivity contribution >= 4 is 34.0 Å². The lowest BCUT2D eigenvalue weighted by molar-refractivity contribution is -0.383. The Labute approximate surface area is 155 Å². The second-order valence-corrected chi connectivity index (χ2v) is 7.88. The predicted molar refractivity (Wildman–Crippen MR) is 100 cm³/mol. The molecule has 2 amide bonds. The fraction of sp³-hybridized carbons (Fsp3) is 0.333. The standard InChI is InChI=1S/C21H18N2O4/c1-21-13-8-6-12(7-9-13)18(21)19(24)22(20(21)25)16-10-11-17(23(26)27)15-5-3-2-4-14(15)16/h2-6,8,10-13,18H,7,9H2,1H3. The molecule has 0 spiro atoms. The van der Waals surface area contributed by atoms with E-state index in [2.05, 4.69) is 12.2 Å². The number of nitrogens with zero attached hydrogens (tertiary/aromatic N) is 2. The molecule has 136 valence electrons. The predicted octanol–water partition coefficient (Wildman–Crippen LogP) is 3.84. The highest BCUT2D eigenvalue weighted by molar-refractivity contribution is 6.27. The first-order valence-corrected chi connectivity index (χ1v) is 9.17. The normalized spacial score (nSPS) is 31.6. The first-order valence-electron chi connectivity index (χ1n) is 9.17. The van der Waals surface area contributed by atoms with E-state index < -0.39 is 10.3 Å². The summed E-state index contributed by atoms with van der Waals surface area (Å²) in [6, 6.07) is 9.79. The summed E-state index contributed by atoms with van der Waals surface area (Å²) in [5, 5.41) is 12.4. The van der Waals surface area contributed by atoms with Crippen LogP contribution in [-0.4, -0.2) is 16.7 Å². The SMILES string of the molecule is CC12C(=O)N(c3ccc([N+](=O)[O-])c4ccccc34)C(=O)C1C1C=CC2CC1. The lowest BCUT2D eigenvalue weighted by atomic mass is 9.55. The van der Waals surface area contributed by atoms with Crippen LogP contribution in [0.4, 0.5) is 11.4 Å². The van der Waals surface area contributed by atoms with Gasteiger partial charge in [-0.1, -0.05) is 30.4 Å². The van der Waals surface area contributed by atoms with E-state index in [1.54, 1.807) is 24.3 Å². The highest BCUT2D eigenvalue weighted by atomic mass is 16.6. The maximum atomic E-state index is 13.5. The summed E-state index contributed by atoms with van der Waals surface area (Å²) in [7, 11) is 0. The van der Waals surface area contributed by atoms with Crippen molar-refractivity contribution in [3.63, 3.8) is 0 Å². The van der Waals surface area contributed by atoms with Crippen LogP contribution in [0, 0.1) is 33.3 Å². The van der Waals surface area contributed by atoms with Gasteiger partial charge in [0, 0.05) is 11.5 Å². The van der Waals surface area contributed by atoms with E-state index in [0.29, 0.717) is 16.5 Å². The van der Waals surface area contributed by atoms with E-state index in [1.165, 1.54) is 17.0 Å². The van der Waals surface area contributed by atoms with Crippen molar-refractivity contribution in [2.45, 2.75) is 19.8 Å². The van der Waals surface area contributed by atoms with Gasteiger partial charge in [-0.3, -0.25) is 19.7 Å². The van der Waals surface area contributed by atoms with Gasteiger partial charge in [0.05, 0.1) is 27.3 Å². The second kappa shape index (κ2) is 5.25. The summed E-state index contributed by atoms with van der Waals surface area (Å²) in [5.74, 6) is -0.553. The number of anilines is 1. The molecule has 4 unspecified atom stereocenters. The Morgan fingerprint density at radius 1 is 1.07 bits per heavy atom. The summed E-state index contributed by atoms with van der Waals surface area (Å²) < 4.78 is 0. The third kappa shape index (κ3) is 1.90. The molecule has 3 aliphatic carbocycles. The van der Waals surface area contributed by atoms with Crippen LogP contribution in [0.1, 0.15) is 19.8 Å². The number of imide groups is 1. The van der Waals surface area contributed by atoms with Crippen molar-refractivity contribution in [2.24, 2.45) is 23.2 Å². The van der Waals surface area contributed by atoms with Gasteiger partial charge in [-0.05, 0) is 43.7 Å². The lowest BCUT2D eigenvalue weighted by Gasteiger charge is -2.45. The van der Waals surface area contributed by atoms with Crippen molar-refractivity contribution in [3.8, 4) is 0 Å². The lowest BCUT2D eigenvalue weighted by Crippen LogP contribution is -2.47. The number of nitro groups is 1. The van der Waals surface area contributed by atoms with Gasteiger partial charge in [0.25, 0.3) is 5.69 Å². The van der Waals surface area contributed by atoms with E-state index >= 15 is 0 Å². The minimum absolute atomic E-state index is 0.0289. The van der Waals surface area contributed by atoms with Gasteiger partial charge in [-0.2, -0.15) is 0 Å². The minimum atomic E-state index is -0.725. The molecule has 0 radical (unpaired) electrons. The highest BCUT2D eigenvalue weighted by Gasteiger charge is 2.64. The topological polar surface area (TPSA) is 80.5 Å². The molecule has 2 bridgehead atoms. The average molecular weight is 362 g/mol. The Kier molecular flexibility index (Phi) is 3.15. The number of allylic oxidation sites excluding steroid dienone is 2. The Bertz CT molecular complexity index is 1060. The molecule has 0 aromatic heterocycles. The average Bonchev–Trinajstić information content (AvgIpc) is 2.89. The van der Waals surface area contributed by atoms with Crippen molar-refractivity contribution in [2.75, 3.05) is 4.90 Å². The zero-order valence-electron chi connectivity index (χ0n) is 14.8. The summed E-state index contributed by atoms with van der Waals surface area (Å²) >= 11 is 0. The van der Waals surface area contributed by atoms with Gasteiger partial charge in [-0.15, -0.1) is 0 Å². The van der Waals surface area contributed by atoms with Gasteiger partial charge >= 0.3 is 0 Å². The highest BCUT2D eigenvalue weighted by Crippen LogP contribution is 2.58. The molecule has 0 N–H and O–H groups in total. The summed E-state index contributed by atoms with van der Waals surface area (Å²) in [4.78, 5) is 39.0. The van der Waals surface area contributed by atoms with Crippen molar-refractivity contribution in [1.29, 1.82) is 0 Å². The number of non-ortho nitro benzene ring substituents is 1. The molecule has 2 aromatic carbocycles. The first-order chi connectivity index (χ1) is 12.9. The fourth-order valence-corrected chi connectivity index (χ4v) is 5.36. The molecule has 1 aliphatic heterocycles. The van der Waals surface area contributed by atoms with Crippen LogP contribution in [0.3, 0.4) is 0 Å². The number of fused-ring (bicyclic) bond motifs is 2. The number of carbonyl (C=O) groups is 2. The van der Waals surface area contributed by atoms with E-state index in [1.807, 2.05) is 6.92 Å². The largest absolute Gasteiger partial charge is 0.277 e. The Morgan fingerprint density at radius 2 is 1.81 bits per heavy atom. The van der Waals surface area contributed by atoms with Crippen LogP contribution in [0.25, 0.3) is 10.8 Å². The maximum absolute atomic E-state index is 13.5. The van der Waals surface area contributed by atoms with Crippen molar-refractivity contribution < 1.29 is 14.5 Å². The van der Waals surface area contributed by atoms with Gasteiger partial charge in [-0.25, -0.2) is 4.90 Å². The number of amides is 2. The molecule has 2 aromatic rings. The molecule has 1 saturated heterocycles. The zero-order valence-corrected chi connectivity index (χ0v) is 14.8. The van der Waals surface area contributed by atoms with E-state index in [9.17, 15) is 19.7 Å². The summed E-state index contributed by atoms with van der Waals surface area (Å²) in [6.45, 7) is 1.91.